The van der Waals surface area contributed by atoms with E-state index >= 15 is 0 Å². The van der Waals surface area contributed by atoms with E-state index in [1.807, 2.05) is 38.1 Å². The predicted octanol–water partition coefficient (Wildman–Crippen LogP) is 3.35. The first kappa shape index (κ1) is 30.1. The zero-order valence-corrected chi connectivity index (χ0v) is 24.0. The number of sulfonamides is 1. The Hall–Kier alpha value is -3.47. The maximum absolute atomic E-state index is 13.6. The lowest BCUT2D eigenvalue weighted by Gasteiger charge is -2.31. The van der Waals surface area contributed by atoms with Gasteiger partial charge >= 0.3 is 0 Å². The molecule has 2 aromatic rings. The van der Waals surface area contributed by atoms with Crippen LogP contribution in [-0.2, 0) is 26.2 Å². The summed E-state index contributed by atoms with van der Waals surface area (Å²) in [6.07, 6.45) is 2.69. The van der Waals surface area contributed by atoms with E-state index < -0.39 is 16.1 Å². The van der Waals surface area contributed by atoms with E-state index in [0.717, 1.165) is 18.2 Å². The van der Waals surface area contributed by atoms with Crippen molar-refractivity contribution in [3.05, 3.63) is 48.0 Å². The second-order valence-corrected chi connectivity index (χ2v) is 11.3. The molecule has 0 saturated heterocycles. The molecule has 10 nitrogen and oxygen atoms in total. The summed E-state index contributed by atoms with van der Waals surface area (Å²) in [5.74, 6) is 1.27. The number of fused-ring (bicyclic) bond motifs is 1. The number of amides is 2. The molecule has 0 spiro atoms. The van der Waals surface area contributed by atoms with Crippen LogP contribution in [0, 0.1) is 0 Å². The van der Waals surface area contributed by atoms with Crippen LogP contribution in [0.1, 0.15) is 45.1 Å². The Morgan fingerprint density at radius 3 is 2.49 bits per heavy atom. The average molecular weight is 562 g/mol. The number of carbonyl (C=O) groups is 2. The Labute approximate surface area is 231 Å². The monoisotopic (exact) mass is 561 g/mol. The molecule has 214 valence electrons. The van der Waals surface area contributed by atoms with Crippen LogP contribution in [-0.4, -0.2) is 70.8 Å². The minimum atomic E-state index is -3.63. The zero-order chi connectivity index (χ0) is 28.4. The van der Waals surface area contributed by atoms with Crippen molar-refractivity contribution < 1.29 is 32.2 Å². The highest BCUT2D eigenvalue weighted by molar-refractivity contribution is 7.92. The number of benzene rings is 2. The normalized spacial score (nSPS) is 13.3. The Balaban J connectivity index is 1.77. The molecule has 0 fully saturated rings. The van der Waals surface area contributed by atoms with Gasteiger partial charge < -0.3 is 24.4 Å². The lowest BCUT2D eigenvalue weighted by atomic mass is 10.1. The van der Waals surface area contributed by atoms with E-state index in [2.05, 4.69) is 5.32 Å². The molecule has 1 aliphatic heterocycles. The van der Waals surface area contributed by atoms with Crippen LogP contribution in [0.3, 0.4) is 0 Å². The third-order valence-corrected chi connectivity index (χ3v) is 7.58. The SMILES string of the molecule is CCCNC(=O)C(CC)N(Cc1cccc(OC)c1)C(=O)CCCN(c1ccc2c(c1)OCCO2)S(C)(=O)=O. The van der Waals surface area contributed by atoms with E-state index in [9.17, 15) is 18.0 Å². The largest absolute Gasteiger partial charge is 0.497 e. The number of nitrogens with one attached hydrogen (secondary N) is 1. The van der Waals surface area contributed by atoms with Gasteiger partial charge in [0, 0.05) is 32.1 Å². The van der Waals surface area contributed by atoms with Crippen LogP contribution in [0.5, 0.6) is 17.2 Å². The average Bonchev–Trinajstić information content (AvgIpc) is 2.93. The summed E-state index contributed by atoms with van der Waals surface area (Å²) in [5.41, 5.74) is 1.27. The summed E-state index contributed by atoms with van der Waals surface area (Å²) >= 11 is 0. The molecule has 2 aromatic carbocycles. The first-order valence-electron chi connectivity index (χ1n) is 13.2. The molecule has 0 saturated carbocycles. The van der Waals surface area contributed by atoms with Crippen molar-refractivity contribution >= 4 is 27.5 Å². The predicted molar refractivity (Wildman–Crippen MR) is 150 cm³/mol. The minimum Gasteiger partial charge on any atom is -0.497 e. The van der Waals surface area contributed by atoms with Crippen LogP contribution in [0.15, 0.2) is 42.5 Å². The molecule has 0 aromatic heterocycles. The molecule has 0 radical (unpaired) electrons. The standard InChI is InChI=1S/C28H39N3O7S/c1-5-14-29-28(33)24(6-2)30(20-21-9-7-10-23(18-21)36-3)27(32)11-8-15-31(39(4,34)35)22-12-13-25-26(19-22)38-17-16-37-25/h7,9-10,12-13,18-19,24H,5-6,8,11,14-17,20H2,1-4H3,(H,29,33). The topological polar surface area (TPSA) is 114 Å². The Kier molecular flexibility index (Phi) is 10.8. The van der Waals surface area contributed by atoms with E-state index in [1.54, 1.807) is 30.2 Å². The fourth-order valence-corrected chi connectivity index (χ4v) is 5.40. The smallest absolute Gasteiger partial charge is 0.242 e. The third kappa shape index (κ3) is 8.26. The Bertz CT molecular complexity index is 1240. The van der Waals surface area contributed by atoms with Crippen molar-refractivity contribution in [2.75, 3.05) is 44.0 Å². The van der Waals surface area contributed by atoms with Crippen LogP contribution < -0.4 is 23.8 Å². The minimum absolute atomic E-state index is 0.0676. The number of nitrogens with zero attached hydrogens (tertiary/aromatic N) is 2. The molecule has 1 N–H and O–H groups in total. The van der Waals surface area contributed by atoms with Gasteiger partial charge in [0.05, 0.1) is 19.1 Å². The molecule has 2 amide bonds. The highest BCUT2D eigenvalue weighted by Gasteiger charge is 2.29. The van der Waals surface area contributed by atoms with Crippen LogP contribution in [0.4, 0.5) is 5.69 Å². The van der Waals surface area contributed by atoms with Gasteiger partial charge in [0.1, 0.15) is 25.0 Å². The quantitative estimate of drug-likeness (QED) is 0.376. The van der Waals surface area contributed by atoms with Gasteiger partial charge in [0.15, 0.2) is 11.5 Å². The van der Waals surface area contributed by atoms with Crippen molar-refractivity contribution in [3.8, 4) is 17.2 Å². The molecular formula is C28H39N3O7S. The molecule has 3 rings (SSSR count). The number of hydrogen-bond acceptors (Lipinski definition) is 7. The summed E-state index contributed by atoms with van der Waals surface area (Å²) in [7, 11) is -2.06. The van der Waals surface area contributed by atoms with Gasteiger partial charge in [-0.25, -0.2) is 8.42 Å². The fourth-order valence-electron chi connectivity index (χ4n) is 4.44. The molecule has 0 aliphatic carbocycles. The third-order valence-electron chi connectivity index (χ3n) is 6.39. The Morgan fingerprint density at radius 2 is 1.82 bits per heavy atom. The second kappa shape index (κ2) is 14.1. The van der Waals surface area contributed by atoms with Gasteiger partial charge in [-0.3, -0.25) is 13.9 Å². The molecule has 11 heteroatoms. The summed E-state index contributed by atoms with van der Waals surface area (Å²) in [6, 6.07) is 11.7. The van der Waals surface area contributed by atoms with Crippen molar-refractivity contribution in [3.63, 3.8) is 0 Å². The summed E-state index contributed by atoms with van der Waals surface area (Å²) in [5, 5.41) is 2.90. The van der Waals surface area contributed by atoms with Gasteiger partial charge in [0.25, 0.3) is 0 Å². The van der Waals surface area contributed by atoms with Crippen molar-refractivity contribution in [1.29, 1.82) is 0 Å². The van der Waals surface area contributed by atoms with Crippen LogP contribution >= 0.6 is 0 Å². The Morgan fingerprint density at radius 1 is 1.08 bits per heavy atom. The second-order valence-electron chi connectivity index (χ2n) is 9.35. The molecule has 1 aliphatic rings. The highest BCUT2D eigenvalue weighted by Crippen LogP contribution is 2.34. The lowest BCUT2D eigenvalue weighted by molar-refractivity contribution is -0.141. The van der Waals surface area contributed by atoms with Gasteiger partial charge in [0.2, 0.25) is 21.8 Å². The molecule has 1 unspecified atom stereocenters. The highest BCUT2D eigenvalue weighted by atomic mass is 32.2. The zero-order valence-electron chi connectivity index (χ0n) is 23.1. The first-order valence-corrected chi connectivity index (χ1v) is 15.1. The maximum atomic E-state index is 13.6. The molecular weight excluding hydrogens is 522 g/mol. The number of rotatable bonds is 14. The van der Waals surface area contributed by atoms with Gasteiger partial charge in [-0.1, -0.05) is 26.0 Å². The van der Waals surface area contributed by atoms with E-state index in [0.29, 0.717) is 49.1 Å². The van der Waals surface area contributed by atoms with Crippen LogP contribution in [0.2, 0.25) is 0 Å². The van der Waals surface area contributed by atoms with E-state index in [-0.39, 0.29) is 37.7 Å². The number of methoxy groups -OCH3 is 1. The van der Waals surface area contributed by atoms with E-state index in [4.69, 9.17) is 14.2 Å². The number of anilines is 1. The fraction of sp³-hybridized carbons (Fsp3) is 0.500. The molecule has 1 heterocycles. The van der Waals surface area contributed by atoms with Gasteiger partial charge in [-0.15, -0.1) is 0 Å². The van der Waals surface area contributed by atoms with Gasteiger partial charge in [-0.2, -0.15) is 0 Å². The number of ether oxygens (including phenoxy) is 3. The van der Waals surface area contributed by atoms with Crippen molar-refractivity contribution in [2.45, 2.75) is 52.1 Å². The van der Waals surface area contributed by atoms with Gasteiger partial charge in [-0.05, 0) is 49.1 Å². The molecule has 1 atom stereocenters. The summed E-state index contributed by atoms with van der Waals surface area (Å²) in [6.45, 7) is 5.51. The number of hydrogen-bond donors (Lipinski definition) is 1. The summed E-state index contributed by atoms with van der Waals surface area (Å²) in [4.78, 5) is 28.1. The number of carbonyl (C=O) groups excluding carboxylic acids is 2. The maximum Gasteiger partial charge on any atom is 0.242 e. The van der Waals surface area contributed by atoms with Crippen molar-refractivity contribution in [2.24, 2.45) is 0 Å². The lowest BCUT2D eigenvalue weighted by Crippen LogP contribution is -2.49. The molecule has 0 bridgehead atoms. The van der Waals surface area contributed by atoms with E-state index in [1.165, 1.54) is 4.31 Å². The molecule has 39 heavy (non-hydrogen) atoms. The van der Waals surface area contributed by atoms with Crippen LogP contribution in [0.25, 0.3) is 0 Å². The first-order chi connectivity index (χ1) is 18.7. The van der Waals surface area contributed by atoms with Crippen molar-refractivity contribution in [1.82, 2.24) is 10.2 Å². The summed E-state index contributed by atoms with van der Waals surface area (Å²) < 4.78 is 43.0.